The van der Waals surface area contributed by atoms with Gasteiger partial charge in [0.1, 0.15) is 11.6 Å². The fraction of sp³-hybridized carbons (Fsp3) is 0.357. The summed E-state index contributed by atoms with van der Waals surface area (Å²) in [6.07, 6.45) is 7.78. The van der Waals surface area contributed by atoms with Crippen molar-refractivity contribution in [3.63, 3.8) is 0 Å². The van der Waals surface area contributed by atoms with Gasteiger partial charge in [0, 0.05) is 5.56 Å². The molecule has 1 aliphatic carbocycles. The van der Waals surface area contributed by atoms with Crippen molar-refractivity contribution in [2.24, 2.45) is 11.8 Å². The van der Waals surface area contributed by atoms with Crippen LogP contribution in [0.3, 0.4) is 0 Å². The zero-order valence-electron chi connectivity index (χ0n) is 18.2. The molecular weight excluding hydrogens is 412 g/mol. The van der Waals surface area contributed by atoms with Crippen molar-refractivity contribution in [1.29, 1.82) is 0 Å². The first-order valence-electron chi connectivity index (χ1n) is 11.3. The molecule has 166 valence electrons. The summed E-state index contributed by atoms with van der Waals surface area (Å²) in [5.41, 5.74) is 0.850. The standard InChI is InChI=1S/C28H26F4/c1-2-18-3-5-19(6-4-18)7-8-21-14-25(29)24(26(30)15-21)12-10-20-9-11-22-16-27(31)28(32)17-23(22)13-20/h9,11,13-19H,2-8H2,1H3. The first-order chi connectivity index (χ1) is 15.4. The summed E-state index contributed by atoms with van der Waals surface area (Å²) >= 11 is 0. The molecule has 0 aromatic heterocycles. The number of benzene rings is 3. The van der Waals surface area contributed by atoms with Crippen molar-refractivity contribution in [1.82, 2.24) is 0 Å². The van der Waals surface area contributed by atoms with Gasteiger partial charge in [0.25, 0.3) is 0 Å². The Morgan fingerprint density at radius 3 is 2.00 bits per heavy atom. The Hall–Kier alpha value is -2.80. The quantitative estimate of drug-likeness (QED) is 0.286. The molecule has 0 aliphatic heterocycles. The van der Waals surface area contributed by atoms with E-state index < -0.39 is 23.3 Å². The Kier molecular flexibility index (Phi) is 6.84. The van der Waals surface area contributed by atoms with Crippen LogP contribution in [0.15, 0.2) is 42.5 Å². The van der Waals surface area contributed by atoms with Crippen molar-refractivity contribution < 1.29 is 17.6 Å². The van der Waals surface area contributed by atoms with Gasteiger partial charge in [-0.2, -0.15) is 0 Å². The fourth-order valence-electron chi connectivity index (χ4n) is 4.64. The molecule has 0 bridgehead atoms. The first-order valence-corrected chi connectivity index (χ1v) is 11.3. The highest BCUT2D eigenvalue weighted by atomic mass is 19.2. The second-order valence-corrected chi connectivity index (χ2v) is 8.85. The number of hydrogen-bond donors (Lipinski definition) is 0. The van der Waals surface area contributed by atoms with Crippen LogP contribution in [0.4, 0.5) is 17.6 Å². The van der Waals surface area contributed by atoms with E-state index in [1.165, 1.54) is 44.2 Å². The van der Waals surface area contributed by atoms with E-state index in [1.54, 1.807) is 18.2 Å². The van der Waals surface area contributed by atoms with E-state index in [0.29, 0.717) is 34.2 Å². The predicted octanol–water partition coefficient (Wildman–Crippen LogP) is 7.95. The average Bonchev–Trinajstić information content (AvgIpc) is 2.78. The molecule has 0 radical (unpaired) electrons. The maximum atomic E-state index is 14.6. The molecule has 0 heterocycles. The van der Waals surface area contributed by atoms with E-state index >= 15 is 0 Å². The van der Waals surface area contributed by atoms with Crippen molar-refractivity contribution in [2.45, 2.75) is 51.9 Å². The summed E-state index contributed by atoms with van der Waals surface area (Å²) < 4.78 is 56.0. The molecule has 3 aromatic rings. The summed E-state index contributed by atoms with van der Waals surface area (Å²) in [6, 6.07) is 9.74. The van der Waals surface area contributed by atoms with Crippen LogP contribution in [0.25, 0.3) is 10.8 Å². The SMILES string of the molecule is CCC1CCC(CCc2cc(F)c(C#Cc3ccc4cc(F)c(F)cc4c3)c(F)c2)CC1. The van der Waals surface area contributed by atoms with Gasteiger partial charge in [-0.25, -0.2) is 17.6 Å². The van der Waals surface area contributed by atoms with Gasteiger partial charge in [-0.1, -0.05) is 56.9 Å². The lowest BCUT2D eigenvalue weighted by atomic mass is 9.78. The Labute approximate surface area is 186 Å². The lowest BCUT2D eigenvalue weighted by Gasteiger charge is -2.27. The van der Waals surface area contributed by atoms with E-state index in [9.17, 15) is 17.6 Å². The van der Waals surface area contributed by atoms with Crippen LogP contribution >= 0.6 is 0 Å². The van der Waals surface area contributed by atoms with Gasteiger partial charge < -0.3 is 0 Å². The zero-order chi connectivity index (χ0) is 22.7. The van der Waals surface area contributed by atoms with E-state index in [-0.39, 0.29) is 5.56 Å². The highest BCUT2D eigenvalue weighted by Crippen LogP contribution is 2.33. The van der Waals surface area contributed by atoms with Gasteiger partial charge in [0.05, 0.1) is 5.56 Å². The maximum Gasteiger partial charge on any atom is 0.159 e. The summed E-state index contributed by atoms with van der Waals surface area (Å²) in [5.74, 6) is 3.56. The van der Waals surface area contributed by atoms with Crippen LogP contribution in [0.5, 0.6) is 0 Å². The normalized spacial score (nSPS) is 18.4. The Bertz CT molecular complexity index is 1150. The predicted molar refractivity (Wildman–Crippen MR) is 120 cm³/mol. The Morgan fingerprint density at radius 2 is 1.34 bits per heavy atom. The molecule has 0 amide bonds. The van der Waals surface area contributed by atoms with E-state index in [0.717, 1.165) is 24.5 Å². The van der Waals surface area contributed by atoms with Gasteiger partial charge in [0.2, 0.25) is 0 Å². The van der Waals surface area contributed by atoms with Crippen LogP contribution in [0.1, 0.15) is 62.1 Å². The smallest absolute Gasteiger partial charge is 0.159 e. The summed E-state index contributed by atoms with van der Waals surface area (Å²) in [5, 5.41) is 0.999. The molecule has 0 saturated heterocycles. The second kappa shape index (κ2) is 9.77. The van der Waals surface area contributed by atoms with Crippen LogP contribution < -0.4 is 0 Å². The molecule has 1 aliphatic rings. The largest absolute Gasteiger partial charge is 0.206 e. The molecule has 4 rings (SSSR count). The first kappa shape index (κ1) is 22.4. The highest BCUT2D eigenvalue weighted by Gasteiger charge is 2.20. The van der Waals surface area contributed by atoms with Gasteiger partial charge in [-0.3, -0.25) is 0 Å². The van der Waals surface area contributed by atoms with Gasteiger partial charge in [-0.05, 0) is 77.4 Å². The summed E-state index contributed by atoms with van der Waals surface area (Å²) in [4.78, 5) is 0. The average molecular weight is 439 g/mol. The van der Waals surface area contributed by atoms with Crippen molar-refractivity contribution in [3.8, 4) is 11.8 Å². The van der Waals surface area contributed by atoms with E-state index in [1.807, 2.05) is 0 Å². The molecular formula is C28H26F4. The number of aryl methyl sites for hydroxylation is 1. The third-order valence-corrected chi connectivity index (χ3v) is 6.70. The Morgan fingerprint density at radius 1 is 0.719 bits per heavy atom. The zero-order valence-corrected chi connectivity index (χ0v) is 18.2. The minimum Gasteiger partial charge on any atom is -0.206 e. The topological polar surface area (TPSA) is 0 Å². The molecule has 32 heavy (non-hydrogen) atoms. The molecule has 3 aromatic carbocycles. The second-order valence-electron chi connectivity index (χ2n) is 8.85. The monoisotopic (exact) mass is 438 g/mol. The van der Waals surface area contributed by atoms with Crippen molar-refractivity contribution in [2.75, 3.05) is 0 Å². The molecule has 0 unspecified atom stereocenters. The Balaban J connectivity index is 1.47. The minimum atomic E-state index is -0.950. The number of rotatable bonds is 4. The van der Waals surface area contributed by atoms with Crippen LogP contribution in [-0.4, -0.2) is 0 Å². The third kappa shape index (κ3) is 5.15. The number of fused-ring (bicyclic) bond motifs is 1. The molecule has 1 saturated carbocycles. The maximum absolute atomic E-state index is 14.6. The van der Waals surface area contributed by atoms with E-state index in [4.69, 9.17) is 0 Å². The molecule has 0 nitrogen and oxygen atoms in total. The fourth-order valence-corrected chi connectivity index (χ4v) is 4.64. The van der Waals surface area contributed by atoms with Gasteiger partial charge >= 0.3 is 0 Å². The molecule has 4 heteroatoms. The number of hydrogen-bond acceptors (Lipinski definition) is 0. The minimum absolute atomic E-state index is 0.275. The van der Waals surface area contributed by atoms with Crippen LogP contribution in [0.2, 0.25) is 0 Å². The van der Waals surface area contributed by atoms with Crippen molar-refractivity contribution >= 4 is 10.8 Å². The molecule has 0 spiro atoms. The van der Waals surface area contributed by atoms with E-state index in [2.05, 4.69) is 18.8 Å². The molecule has 1 fully saturated rings. The van der Waals surface area contributed by atoms with Crippen LogP contribution in [0, 0.1) is 46.9 Å². The molecule has 0 N–H and O–H groups in total. The summed E-state index contributed by atoms with van der Waals surface area (Å²) in [6.45, 7) is 2.24. The van der Waals surface area contributed by atoms with Gasteiger partial charge in [-0.15, -0.1) is 0 Å². The van der Waals surface area contributed by atoms with Crippen molar-refractivity contribution in [3.05, 3.63) is 82.4 Å². The third-order valence-electron chi connectivity index (χ3n) is 6.70. The number of halogens is 4. The molecule has 0 atom stereocenters. The lowest BCUT2D eigenvalue weighted by molar-refractivity contribution is 0.258. The lowest BCUT2D eigenvalue weighted by Crippen LogP contribution is -2.14. The summed E-state index contributed by atoms with van der Waals surface area (Å²) in [7, 11) is 0. The highest BCUT2D eigenvalue weighted by molar-refractivity contribution is 5.84. The van der Waals surface area contributed by atoms with Gasteiger partial charge in [0.15, 0.2) is 11.6 Å². The van der Waals surface area contributed by atoms with Crippen LogP contribution in [-0.2, 0) is 6.42 Å².